The molecular weight excluding hydrogens is 383 g/mol. The number of nitrogens with zero attached hydrogens (tertiary/aromatic N) is 2. The molecule has 0 atom stereocenters. The SMILES string of the molecule is COc1ccc(CC(=O)N2CCCN(S(=O)(=O)c3ccc(F)cc3)CC2)cc1. The minimum absolute atomic E-state index is 0.0359. The van der Waals surface area contributed by atoms with Crippen molar-refractivity contribution >= 4 is 15.9 Å². The number of hydrogen-bond donors (Lipinski definition) is 0. The highest BCUT2D eigenvalue weighted by Gasteiger charge is 2.28. The first-order valence-electron chi connectivity index (χ1n) is 9.06. The van der Waals surface area contributed by atoms with E-state index in [1.54, 1.807) is 12.0 Å². The Balaban J connectivity index is 1.63. The number of rotatable bonds is 5. The second-order valence-electron chi connectivity index (χ2n) is 6.62. The Morgan fingerprint density at radius 1 is 1.00 bits per heavy atom. The van der Waals surface area contributed by atoms with E-state index in [-0.39, 0.29) is 23.8 Å². The lowest BCUT2D eigenvalue weighted by Gasteiger charge is -2.22. The predicted octanol–water partition coefficient (Wildman–Crippen LogP) is 2.30. The van der Waals surface area contributed by atoms with Gasteiger partial charge in [-0.2, -0.15) is 4.31 Å². The summed E-state index contributed by atoms with van der Waals surface area (Å²) in [6, 6.07) is 12.1. The van der Waals surface area contributed by atoms with Crippen LogP contribution in [0.15, 0.2) is 53.4 Å². The van der Waals surface area contributed by atoms with Crippen LogP contribution < -0.4 is 4.74 Å². The fourth-order valence-corrected chi connectivity index (χ4v) is 4.64. The van der Waals surface area contributed by atoms with E-state index in [4.69, 9.17) is 4.74 Å². The number of amides is 1. The molecule has 0 N–H and O–H groups in total. The van der Waals surface area contributed by atoms with Crippen LogP contribution in [0.5, 0.6) is 5.75 Å². The molecule has 1 heterocycles. The molecule has 0 spiro atoms. The van der Waals surface area contributed by atoms with Crippen molar-refractivity contribution in [2.75, 3.05) is 33.3 Å². The predicted molar refractivity (Wildman–Crippen MR) is 103 cm³/mol. The largest absolute Gasteiger partial charge is 0.497 e. The molecule has 2 aromatic carbocycles. The van der Waals surface area contributed by atoms with E-state index in [0.29, 0.717) is 26.1 Å². The van der Waals surface area contributed by atoms with Gasteiger partial charge in [-0.15, -0.1) is 0 Å². The number of carbonyl (C=O) groups excluding carboxylic acids is 1. The van der Waals surface area contributed by atoms with Crippen LogP contribution in [-0.4, -0.2) is 56.8 Å². The lowest BCUT2D eigenvalue weighted by Crippen LogP contribution is -2.38. The van der Waals surface area contributed by atoms with Gasteiger partial charge in [-0.3, -0.25) is 4.79 Å². The summed E-state index contributed by atoms with van der Waals surface area (Å²) in [5, 5.41) is 0. The highest BCUT2D eigenvalue weighted by molar-refractivity contribution is 7.89. The lowest BCUT2D eigenvalue weighted by molar-refractivity contribution is -0.130. The summed E-state index contributed by atoms with van der Waals surface area (Å²) in [7, 11) is -2.12. The number of hydrogen-bond acceptors (Lipinski definition) is 4. The van der Waals surface area contributed by atoms with Crippen molar-refractivity contribution in [2.45, 2.75) is 17.7 Å². The topological polar surface area (TPSA) is 66.9 Å². The minimum Gasteiger partial charge on any atom is -0.497 e. The summed E-state index contributed by atoms with van der Waals surface area (Å²) in [6.07, 6.45) is 0.809. The summed E-state index contributed by atoms with van der Waals surface area (Å²) in [4.78, 5) is 14.4. The Morgan fingerprint density at radius 2 is 1.68 bits per heavy atom. The lowest BCUT2D eigenvalue weighted by atomic mass is 10.1. The third-order valence-electron chi connectivity index (χ3n) is 4.77. The zero-order valence-corrected chi connectivity index (χ0v) is 16.5. The van der Waals surface area contributed by atoms with Crippen molar-refractivity contribution < 1.29 is 22.3 Å². The van der Waals surface area contributed by atoms with E-state index < -0.39 is 15.8 Å². The molecule has 3 rings (SSSR count). The van der Waals surface area contributed by atoms with Crippen LogP contribution in [0.4, 0.5) is 4.39 Å². The number of halogens is 1. The molecule has 0 bridgehead atoms. The maximum Gasteiger partial charge on any atom is 0.243 e. The van der Waals surface area contributed by atoms with E-state index in [2.05, 4.69) is 0 Å². The Hall–Kier alpha value is -2.45. The Morgan fingerprint density at radius 3 is 2.32 bits per heavy atom. The van der Waals surface area contributed by atoms with Crippen molar-refractivity contribution in [2.24, 2.45) is 0 Å². The van der Waals surface area contributed by atoms with Crippen molar-refractivity contribution in [3.05, 3.63) is 59.9 Å². The van der Waals surface area contributed by atoms with Crippen molar-refractivity contribution in [1.82, 2.24) is 9.21 Å². The molecule has 0 radical (unpaired) electrons. The van der Waals surface area contributed by atoms with Gasteiger partial charge in [0.25, 0.3) is 0 Å². The number of carbonyl (C=O) groups is 1. The quantitative estimate of drug-likeness (QED) is 0.764. The van der Waals surface area contributed by atoms with E-state index in [9.17, 15) is 17.6 Å². The van der Waals surface area contributed by atoms with Gasteiger partial charge in [0.05, 0.1) is 18.4 Å². The van der Waals surface area contributed by atoms with Crippen LogP contribution >= 0.6 is 0 Å². The zero-order chi connectivity index (χ0) is 20.1. The van der Waals surface area contributed by atoms with Crippen molar-refractivity contribution in [1.29, 1.82) is 0 Å². The third kappa shape index (κ3) is 4.69. The molecule has 8 heteroatoms. The molecule has 28 heavy (non-hydrogen) atoms. The molecule has 1 fully saturated rings. The van der Waals surface area contributed by atoms with E-state index in [0.717, 1.165) is 23.4 Å². The zero-order valence-electron chi connectivity index (χ0n) is 15.7. The normalized spacial score (nSPS) is 15.9. The molecule has 1 aliphatic heterocycles. The van der Waals surface area contributed by atoms with Gasteiger partial charge in [0, 0.05) is 26.2 Å². The number of ether oxygens (including phenoxy) is 1. The maximum absolute atomic E-state index is 13.1. The van der Waals surface area contributed by atoms with Gasteiger partial charge in [0.1, 0.15) is 11.6 Å². The van der Waals surface area contributed by atoms with Gasteiger partial charge in [0.2, 0.25) is 15.9 Å². The molecule has 0 aromatic heterocycles. The van der Waals surface area contributed by atoms with Gasteiger partial charge >= 0.3 is 0 Å². The van der Waals surface area contributed by atoms with Gasteiger partial charge in [-0.1, -0.05) is 12.1 Å². The van der Waals surface area contributed by atoms with Crippen LogP contribution in [0, 0.1) is 5.82 Å². The van der Waals surface area contributed by atoms with Crippen LogP contribution in [0.3, 0.4) is 0 Å². The molecule has 1 aliphatic rings. The highest BCUT2D eigenvalue weighted by Crippen LogP contribution is 2.19. The summed E-state index contributed by atoms with van der Waals surface area (Å²) in [5.74, 6) is 0.212. The summed E-state index contributed by atoms with van der Waals surface area (Å²) < 4.78 is 45.1. The Kier molecular flexibility index (Phi) is 6.31. The monoisotopic (exact) mass is 406 g/mol. The van der Waals surface area contributed by atoms with Crippen LogP contribution in [0.2, 0.25) is 0 Å². The second-order valence-corrected chi connectivity index (χ2v) is 8.56. The summed E-state index contributed by atoms with van der Waals surface area (Å²) in [6.45, 7) is 1.37. The summed E-state index contributed by atoms with van der Waals surface area (Å²) in [5.41, 5.74) is 0.880. The van der Waals surface area contributed by atoms with Gasteiger partial charge in [-0.05, 0) is 48.4 Å². The van der Waals surface area contributed by atoms with E-state index >= 15 is 0 Å². The van der Waals surface area contributed by atoms with Crippen LogP contribution in [0.1, 0.15) is 12.0 Å². The average Bonchev–Trinajstić information content (AvgIpc) is 2.96. The number of methoxy groups -OCH3 is 1. The van der Waals surface area contributed by atoms with E-state index in [1.807, 2.05) is 24.3 Å². The molecule has 6 nitrogen and oxygen atoms in total. The molecule has 0 aliphatic carbocycles. The molecular formula is C20H23FN2O4S. The second kappa shape index (κ2) is 8.70. The third-order valence-corrected chi connectivity index (χ3v) is 6.69. The molecule has 0 saturated carbocycles. The maximum atomic E-state index is 13.1. The van der Waals surface area contributed by atoms with Crippen LogP contribution in [0.25, 0.3) is 0 Å². The molecule has 1 saturated heterocycles. The first-order chi connectivity index (χ1) is 13.4. The van der Waals surface area contributed by atoms with Gasteiger partial charge in [-0.25, -0.2) is 12.8 Å². The summed E-state index contributed by atoms with van der Waals surface area (Å²) >= 11 is 0. The Labute approximate surface area is 164 Å². The number of sulfonamides is 1. The van der Waals surface area contributed by atoms with E-state index in [1.165, 1.54) is 16.4 Å². The standard InChI is InChI=1S/C20H23FN2O4S/c1-27-18-7-3-16(4-8-18)15-20(24)22-11-2-12-23(14-13-22)28(25,26)19-9-5-17(21)6-10-19/h3-10H,2,11-15H2,1H3. The first kappa shape index (κ1) is 20.3. The molecule has 1 amide bonds. The molecule has 2 aromatic rings. The molecule has 150 valence electrons. The Bertz CT molecular complexity index is 914. The van der Waals surface area contributed by atoms with Gasteiger partial charge < -0.3 is 9.64 Å². The smallest absolute Gasteiger partial charge is 0.243 e. The molecule has 0 unspecified atom stereocenters. The average molecular weight is 406 g/mol. The van der Waals surface area contributed by atoms with Crippen molar-refractivity contribution in [3.63, 3.8) is 0 Å². The van der Waals surface area contributed by atoms with Gasteiger partial charge in [0.15, 0.2) is 0 Å². The minimum atomic E-state index is -3.70. The first-order valence-corrected chi connectivity index (χ1v) is 10.5. The highest BCUT2D eigenvalue weighted by atomic mass is 32.2. The fourth-order valence-electron chi connectivity index (χ4n) is 3.17. The fraction of sp³-hybridized carbons (Fsp3) is 0.350. The number of benzene rings is 2. The van der Waals surface area contributed by atoms with Crippen LogP contribution in [-0.2, 0) is 21.2 Å². The van der Waals surface area contributed by atoms with Crippen molar-refractivity contribution in [3.8, 4) is 5.75 Å².